The standard InChI is InChI=1S/C9H9N3.C2H6/c1-2-12-9(7-10)8-3-5-11-6-4-8;1-2/h2-7,10H,1H2;1-2H3. The summed E-state index contributed by atoms with van der Waals surface area (Å²) >= 11 is 0. The highest BCUT2D eigenvalue weighted by Gasteiger charge is 1.96. The van der Waals surface area contributed by atoms with E-state index in [0.717, 1.165) is 5.56 Å². The summed E-state index contributed by atoms with van der Waals surface area (Å²) in [6.07, 6.45) is 5.94. The summed E-state index contributed by atoms with van der Waals surface area (Å²) in [7, 11) is 0. The van der Waals surface area contributed by atoms with Gasteiger partial charge in [0, 0.05) is 30.4 Å². The van der Waals surface area contributed by atoms with Gasteiger partial charge in [-0.05, 0) is 12.1 Å². The highest BCUT2D eigenvalue weighted by Crippen LogP contribution is 1.97. The number of nitrogens with one attached hydrogen (secondary N) is 1. The van der Waals surface area contributed by atoms with Crippen LogP contribution in [0.15, 0.2) is 42.3 Å². The van der Waals surface area contributed by atoms with Crippen molar-refractivity contribution in [2.75, 3.05) is 0 Å². The normalized spacial score (nSPS) is 9.71. The molecule has 1 aromatic heterocycles. The van der Waals surface area contributed by atoms with Crippen molar-refractivity contribution in [1.82, 2.24) is 4.98 Å². The largest absolute Gasteiger partial charge is 0.306 e. The molecule has 1 rings (SSSR count). The Morgan fingerprint density at radius 2 is 2.00 bits per heavy atom. The molecular formula is C11H15N3. The number of aliphatic imine (C=N–C) groups is 1. The molecule has 0 atom stereocenters. The number of aromatic nitrogens is 1. The third kappa shape index (κ3) is 3.76. The lowest BCUT2D eigenvalue weighted by molar-refractivity contribution is 1.32. The summed E-state index contributed by atoms with van der Waals surface area (Å²) in [5, 5.41) is 7.08. The molecule has 14 heavy (non-hydrogen) atoms. The predicted molar refractivity (Wildman–Crippen MR) is 61.1 cm³/mol. The minimum Gasteiger partial charge on any atom is -0.306 e. The monoisotopic (exact) mass is 189 g/mol. The molecule has 0 saturated heterocycles. The number of nitrogens with zero attached hydrogens (tertiary/aromatic N) is 2. The van der Waals surface area contributed by atoms with Crippen LogP contribution in [0.2, 0.25) is 0 Å². The van der Waals surface area contributed by atoms with Crippen molar-refractivity contribution in [1.29, 1.82) is 5.41 Å². The van der Waals surface area contributed by atoms with Crippen molar-refractivity contribution < 1.29 is 0 Å². The van der Waals surface area contributed by atoms with E-state index in [4.69, 9.17) is 5.41 Å². The van der Waals surface area contributed by atoms with Crippen molar-refractivity contribution in [2.24, 2.45) is 4.99 Å². The lowest BCUT2D eigenvalue weighted by atomic mass is 10.2. The van der Waals surface area contributed by atoms with Gasteiger partial charge >= 0.3 is 0 Å². The van der Waals surface area contributed by atoms with E-state index in [0.29, 0.717) is 5.71 Å². The van der Waals surface area contributed by atoms with E-state index in [9.17, 15) is 0 Å². The van der Waals surface area contributed by atoms with Gasteiger partial charge in [0.25, 0.3) is 0 Å². The maximum absolute atomic E-state index is 7.08. The first-order chi connectivity index (χ1) is 6.88. The van der Waals surface area contributed by atoms with Crippen LogP contribution in [0.1, 0.15) is 19.4 Å². The van der Waals surface area contributed by atoms with E-state index >= 15 is 0 Å². The Hall–Kier alpha value is -1.77. The van der Waals surface area contributed by atoms with Gasteiger partial charge in [-0.2, -0.15) is 0 Å². The first kappa shape index (κ1) is 12.2. The van der Waals surface area contributed by atoms with E-state index in [2.05, 4.69) is 16.6 Å². The summed E-state index contributed by atoms with van der Waals surface area (Å²) in [6, 6.07) is 3.60. The van der Waals surface area contributed by atoms with E-state index < -0.39 is 0 Å². The third-order valence-electron chi connectivity index (χ3n) is 1.34. The maximum atomic E-state index is 7.08. The molecule has 0 aliphatic carbocycles. The fourth-order valence-electron chi connectivity index (χ4n) is 0.816. The number of hydrogen-bond acceptors (Lipinski definition) is 3. The van der Waals surface area contributed by atoms with Crippen molar-refractivity contribution in [3.05, 3.63) is 42.9 Å². The van der Waals surface area contributed by atoms with Crippen molar-refractivity contribution in [2.45, 2.75) is 13.8 Å². The minimum absolute atomic E-state index is 0.590. The lowest BCUT2D eigenvalue weighted by Gasteiger charge is -1.96. The third-order valence-corrected chi connectivity index (χ3v) is 1.34. The first-order valence-corrected chi connectivity index (χ1v) is 4.48. The summed E-state index contributed by atoms with van der Waals surface area (Å²) in [6.45, 7) is 7.47. The average Bonchev–Trinajstić information content (AvgIpc) is 2.30. The van der Waals surface area contributed by atoms with Gasteiger partial charge < -0.3 is 5.41 Å². The van der Waals surface area contributed by atoms with Crippen LogP contribution in [0.5, 0.6) is 0 Å². The molecule has 0 bridgehead atoms. The molecule has 0 unspecified atom stereocenters. The van der Waals surface area contributed by atoms with E-state index in [1.165, 1.54) is 12.4 Å². The first-order valence-electron chi connectivity index (χ1n) is 4.48. The molecule has 1 heterocycles. The van der Waals surface area contributed by atoms with Crippen LogP contribution < -0.4 is 0 Å². The fourth-order valence-corrected chi connectivity index (χ4v) is 0.816. The molecule has 1 aromatic rings. The Labute approximate surface area is 84.7 Å². The highest BCUT2D eigenvalue weighted by molar-refractivity contribution is 6.37. The minimum atomic E-state index is 0.590. The van der Waals surface area contributed by atoms with Crippen LogP contribution in [-0.4, -0.2) is 16.9 Å². The number of hydrogen-bond donors (Lipinski definition) is 1. The second-order valence-electron chi connectivity index (χ2n) is 2.08. The van der Waals surface area contributed by atoms with Gasteiger partial charge in [0.2, 0.25) is 0 Å². The van der Waals surface area contributed by atoms with Crippen LogP contribution in [-0.2, 0) is 0 Å². The Morgan fingerprint density at radius 3 is 2.43 bits per heavy atom. The van der Waals surface area contributed by atoms with Crippen LogP contribution in [0.3, 0.4) is 0 Å². The van der Waals surface area contributed by atoms with Gasteiger partial charge in [-0.1, -0.05) is 20.4 Å². The Morgan fingerprint density at radius 1 is 1.43 bits per heavy atom. The lowest BCUT2D eigenvalue weighted by Crippen LogP contribution is -2.00. The highest BCUT2D eigenvalue weighted by atomic mass is 14.7. The van der Waals surface area contributed by atoms with Crippen molar-refractivity contribution in [3.8, 4) is 0 Å². The predicted octanol–water partition coefficient (Wildman–Crippen LogP) is 2.69. The molecule has 0 fully saturated rings. The van der Waals surface area contributed by atoms with Crippen LogP contribution >= 0.6 is 0 Å². The molecule has 0 saturated carbocycles. The summed E-state index contributed by atoms with van der Waals surface area (Å²) in [5.41, 5.74) is 1.47. The molecule has 0 amide bonds. The summed E-state index contributed by atoms with van der Waals surface area (Å²) < 4.78 is 0. The van der Waals surface area contributed by atoms with Gasteiger partial charge in [0.15, 0.2) is 0 Å². The van der Waals surface area contributed by atoms with Crippen molar-refractivity contribution >= 4 is 11.9 Å². The Bertz CT molecular complexity index is 302. The van der Waals surface area contributed by atoms with Gasteiger partial charge in [0.05, 0.1) is 5.71 Å². The SMILES string of the molecule is C=CN=C(C=N)c1ccncc1.CC. The van der Waals surface area contributed by atoms with E-state index in [-0.39, 0.29) is 0 Å². The van der Waals surface area contributed by atoms with Gasteiger partial charge in [0.1, 0.15) is 0 Å². The molecule has 0 aliphatic rings. The fraction of sp³-hybridized carbons (Fsp3) is 0.182. The second-order valence-corrected chi connectivity index (χ2v) is 2.08. The number of pyridine rings is 1. The Kier molecular flexibility index (Phi) is 6.86. The zero-order valence-corrected chi connectivity index (χ0v) is 8.57. The summed E-state index contributed by atoms with van der Waals surface area (Å²) in [4.78, 5) is 7.79. The summed E-state index contributed by atoms with van der Waals surface area (Å²) in [5.74, 6) is 0. The zero-order chi connectivity index (χ0) is 10.8. The molecule has 0 aromatic carbocycles. The molecule has 0 radical (unpaired) electrons. The van der Waals surface area contributed by atoms with Gasteiger partial charge in [-0.3, -0.25) is 9.98 Å². The van der Waals surface area contributed by atoms with Gasteiger partial charge in [-0.15, -0.1) is 0 Å². The van der Waals surface area contributed by atoms with Gasteiger partial charge in [-0.25, -0.2) is 0 Å². The second kappa shape index (κ2) is 7.86. The molecule has 1 N–H and O–H groups in total. The van der Waals surface area contributed by atoms with E-state index in [1.54, 1.807) is 24.5 Å². The average molecular weight is 189 g/mol. The molecular weight excluding hydrogens is 174 g/mol. The Balaban J connectivity index is 0.000000791. The molecule has 3 nitrogen and oxygen atoms in total. The zero-order valence-electron chi connectivity index (χ0n) is 8.57. The molecule has 0 spiro atoms. The van der Waals surface area contributed by atoms with Crippen LogP contribution in [0, 0.1) is 5.41 Å². The number of rotatable bonds is 3. The van der Waals surface area contributed by atoms with Crippen LogP contribution in [0.25, 0.3) is 0 Å². The maximum Gasteiger partial charge on any atom is 0.0878 e. The molecule has 74 valence electrons. The van der Waals surface area contributed by atoms with E-state index in [1.807, 2.05) is 13.8 Å². The topological polar surface area (TPSA) is 49.1 Å². The van der Waals surface area contributed by atoms with Crippen molar-refractivity contribution in [3.63, 3.8) is 0 Å². The molecule has 0 aliphatic heterocycles. The van der Waals surface area contributed by atoms with Crippen LogP contribution in [0.4, 0.5) is 0 Å². The quantitative estimate of drug-likeness (QED) is 0.730. The smallest absolute Gasteiger partial charge is 0.0878 e. The molecule has 3 heteroatoms.